The van der Waals surface area contributed by atoms with Crippen molar-refractivity contribution in [2.45, 2.75) is 25.7 Å². The lowest BCUT2D eigenvalue weighted by atomic mass is 9.93. The number of oxime groups is 1. The van der Waals surface area contributed by atoms with E-state index in [4.69, 9.17) is 10.9 Å². The van der Waals surface area contributed by atoms with E-state index >= 15 is 0 Å². The van der Waals surface area contributed by atoms with Crippen molar-refractivity contribution in [3.63, 3.8) is 0 Å². The standard InChI is InChI=1S/C12H19N3O3S/c1-9-6-4-5-7-10(9)19(17,18)14-8-12(2,3)11(13)15-16/h4-7,14,16H,8H2,1-3H3,(H2,13,15). The Hall–Kier alpha value is -1.60. The summed E-state index contributed by atoms with van der Waals surface area (Å²) >= 11 is 0. The molecule has 0 bridgehead atoms. The fourth-order valence-corrected chi connectivity index (χ4v) is 2.89. The maximum Gasteiger partial charge on any atom is 0.240 e. The molecule has 1 rings (SSSR count). The largest absolute Gasteiger partial charge is 0.409 e. The number of hydrogen-bond acceptors (Lipinski definition) is 4. The second-order valence-corrected chi connectivity index (χ2v) is 6.69. The number of rotatable bonds is 5. The number of sulfonamides is 1. The van der Waals surface area contributed by atoms with Gasteiger partial charge in [0.05, 0.1) is 4.90 Å². The summed E-state index contributed by atoms with van der Waals surface area (Å²) in [5.41, 5.74) is 5.40. The highest BCUT2D eigenvalue weighted by Crippen LogP contribution is 2.17. The first-order valence-electron chi connectivity index (χ1n) is 5.74. The molecule has 0 spiro atoms. The molecule has 0 atom stereocenters. The normalized spacial score (nSPS) is 13.5. The molecular weight excluding hydrogens is 266 g/mol. The average molecular weight is 285 g/mol. The zero-order valence-electron chi connectivity index (χ0n) is 11.2. The zero-order valence-corrected chi connectivity index (χ0v) is 12.0. The first-order chi connectivity index (χ1) is 8.70. The number of aryl methyl sites for hydroxylation is 1. The van der Waals surface area contributed by atoms with E-state index in [0.717, 1.165) is 0 Å². The maximum absolute atomic E-state index is 12.2. The first kappa shape index (κ1) is 15.5. The van der Waals surface area contributed by atoms with Gasteiger partial charge in [0, 0.05) is 12.0 Å². The van der Waals surface area contributed by atoms with Crippen molar-refractivity contribution >= 4 is 15.9 Å². The summed E-state index contributed by atoms with van der Waals surface area (Å²) in [6.07, 6.45) is 0. The third-order valence-electron chi connectivity index (χ3n) is 2.89. The van der Waals surface area contributed by atoms with Gasteiger partial charge in [-0.15, -0.1) is 0 Å². The molecule has 0 amide bonds. The molecule has 0 aliphatic carbocycles. The Kier molecular flexibility index (Phi) is 4.54. The molecule has 0 aliphatic rings. The van der Waals surface area contributed by atoms with Gasteiger partial charge in [0.15, 0.2) is 0 Å². The van der Waals surface area contributed by atoms with Gasteiger partial charge in [0.1, 0.15) is 5.84 Å². The summed E-state index contributed by atoms with van der Waals surface area (Å²) < 4.78 is 26.8. The molecule has 0 radical (unpaired) electrons. The number of benzene rings is 1. The second kappa shape index (κ2) is 5.58. The van der Waals surface area contributed by atoms with Crippen LogP contribution in [0.1, 0.15) is 19.4 Å². The Morgan fingerprint density at radius 2 is 2.00 bits per heavy atom. The van der Waals surface area contributed by atoms with Gasteiger partial charge in [-0.1, -0.05) is 37.2 Å². The summed E-state index contributed by atoms with van der Waals surface area (Å²) in [5.74, 6) is -0.0278. The van der Waals surface area contributed by atoms with Gasteiger partial charge in [-0.05, 0) is 18.6 Å². The topological polar surface area (TPSA) is 105 Å². The van der Waals surface area contributed by atoms with E-state index in [1.807, 2.05) is 0 Å². The Bertz CT molecular complexity index is 580. The van der Waals surface area contributed by atoms with E-state index < -0.39 is 15.4 Å². The quantitative estimate of drug-likeness (QED) is 0.325. The summed E-state index contributed by atoms with van der Waals surface area (Å²) in [7, 11) is -3.61. The molecule has 19 heavy (non-hydrogen) atoms. The summed E-state index contributed by atoms with van der Waals surface area (Å²) in [5, 5.41) is 11.6. The van der Waals surface area contributed by atoms with Crippen LogP contribution in [0.5, 0.6) is 0 Å². The van der Waals surface area contributed by atoms with Gasteiger partial charge in [0.2, 0.25) is 10.0 Å². The first-order valence-corrected chi connectivity index (χ1v) is 7.22. The van der Waals surface area contributed by atoms with Crippen LogP contribution in [-0.4, -0.2) is 26.0 Å². The fraction of sp³-hybridized carbons (Fsp3) is 0.417. The number of hydrogen-bond donors (Lipinski definition) is 3. The maximum atomic E-state index is 12.2. The van der Waals surface area contributed by atoms with E-state index in [0.29, 0.717) is 5.56 Å². The molecule has 0 heterocycles. The third-order valence-corrected chi connectivity index (χ3v) is 4.45. The Morgan fingerprint density at radius 1 is 1.42 bits per heavy atom. The molecule has 0 saturated carbocycles. The van der Waals surface area contributed by atoms with Crippen LogP contribution < -0.4 is 10.5 Å². The Balaban J connectivity index is 2.92. The molecule has 0 aromatic heterocycles. The summed E-state index contributed by atoms with van der Waals surface area (Å²) in [4.78, 5) is 0.227. The molecule has 4 N–H and O–H groups in total. The smallest absolute Gasteiger partial charge is 0.240 e. The molecular formula is C12H19N3O3S. The average Bonchev–Trinajstić information content (AvgIpc) is 2.36. The van der Waals surface area contributed by atoms with Crippen molar-refractivity contribution < 1.29 is 13.6 Å². The van der Waals surface area contributed by atoms with Gasteiger partial charge >= 0.3 is 0 Å². The lowest BCUT2D eigenvalue weighted by molar-refractivity contribution is 0.307. The van der Waals surface area contributed by atoms with Crippen LogP contribution in [0.15, 0.2) is 34.3 Å². The minimum absolute atomic E-state index is 0.0278. The molecule has 0 fully saturated rings. The highest BCUT2D eigenvalue weighted by Gasteiger charge is 2.27. The van der Waals surface area contributed by atoms with Gasteiger partial charge < -0.3 is 10.9 Å². The third kappa shape index (κ3) is 3.68. The lowest BCUT2D eigenvalue weighted by Crippen LogP contribution is -2.42. The molecule has 1 aromatic rings. The lowest BCUT2D eigenvalue weighted by Gasteiger charge is -2.23. The van der Waals surface area contributed by atoms with Crippen LogP contribution in [0.2, 0.25) is 0 Å². The molecule has 1 aromatic carbocycles. The zero-order chi connectivity index (χ0) is 14.7. The SMILES string of the molecule is Cc1ccccc1S(=O)(=O)NCC(C)(C)/C(N)=N/O. The van der Waals surface area contributed by atoms with Gasteiger partial charge in [-0.3, -0.25) is 0 Å². The molecule has 6 nitrogen and oxygen atoms in total. The predicted octanol–water partition coefficient (Wildman–Crippen LogP) is 1.05. The molecule has 106 valence electrons. The van der Waals surface area contributed by atoms with Crippen molar-refractivity contribution in [3.05, 3.63) is 29.8 Å². The number of nitrogens with zero attached hydrogens (tertiary/aromatic N) is 1. The predicted molar refractivity (Wildman–Crippen MR) is 73.6 cm³/mol. The van der Waals surface area contributed by atoms with Crippen LogP contribution in [-0.2, 0) is 10.0 Å². The van der Waals surface area contributed by atoms with E-state index in [2.05, 4.69) is 9.88 Å². The van der Waals surface area contributed by atoms with Crippen molar-refractivity contribution in [2.24, 2.45) is 16.3 Å². The van der Waals surface area contributed by atoms with E-state index in [1.165, 1.54) is 6.07 Å². The van der Waals surface area contributed by atoms with E-state index in [1.54, 1.807) is 39.0 Å². The molecule has 0 unspecified atom stereocenters. The van der Waals surface area contributed by atoms with Gasteiger partial charge in [-0.2, -0.15) is 0 Å². The second-order valence-electron chi connectivity index (χ2n) is 4.96. The number of nitrogens with two attached hydrogens (primary N) is 1. The van der Waals surface area contributed by atoms with Crippen LogP contribution in [0.25, 0.3) is 0 Å². The molecule has 0 saturated heterocycles. The van der Waals surface area contributed by atoms with Crippen molar-refractivity contribution in [2.75, 3.05) is 6.54 Å². The van der Waals surface area contributed by atoms with E-state index in [-0.39, 0.29) is 17.3 Å². The van der Waals surface area contributed by atoms with Crippen LogP contribution >= 0.6 is 0 Å². The number of amidine groups is 1. The van der Waals surface area contributed by atoms with Gasteiger partial charge in [-0.25, -0.2) is 13.1 Å². The Morgan fingerprint density at radius 3 is 2.53 bits per heavy atom. The Labute approximate surface area is 113 Å². The van der Waals surface area contributed by atoms with Crippen LogP contribution in [0, 0.1) is 12.3 Å². The van der Waals surface area contributed by atoms with Crippen LogP contribution in [0.3, 0.4) is 0 Å². The highest BCUT2D eigenvalue weighted by atomic mass is 32.2. The highest BCUT2D eigenvalue weighted by molar-refractivity contribution is 7.89. The minimum Gasteiger partial charge on any atom is -0.409 e. The monoisotopic (exact) mass is 285 g/mol. The van der Waals surface area contributed by atoms with Gasteiger partial charge in [0.25, 0.3) is 0 Å². The fourth-order valence-electron chi connectivity index (χ4n) is 1.44. The van der Waals surface area contributed by atoms with Crippen molar-refractivity contribution in [3.8, 4) is 0 Å². The van der Waals surface area contributed by atoms with Crippen molar-refractivity contribution in [1.82, 2.24) is 4.72 Å². The summed E-state index contributed by atoms with van der Waals surface area (Å²) in [6, 6.07) is 6.70. The minimum atomic E-state index is -3.61. The summed E-state index contributed by atoms with van der Waals surface area (Å²) in [6.45, 7) is 5.13. The van der Waals surface area contributed by atoms with Crippen LogP contribution in [0.4, 0.5) is 0 Å². The molecule has 0 aliphatic heterocycles. The van der Waals surface area contributed by atoms with Crippen molar-refractivity contribution in [1.29, 1.82) is 0 Å². The molecule has 7 heteroatoms. The van der Waals surface area contributed by atoms with E-state index in [9.17, 15) is 8.42 Å². The number of nitrogens with one attached hydrogen (secondary N) is 1.